The molecule has 1 N–H and O–H groups in total. The maximum atomic E-state index is 13.5. The van der Waals surface area contributed by atoms with E-state index in [0.29, 0.717) is 0 Å². The molecule has 0 fully saturated rings. The van der Waals surface area contributed by atoms with Gasteiger partial charge in [0.05, 0.1) is 6.04 Å². The van der Waals surface area contributed by atoms with E-state index >= 15 is 0 Å². The van der Waals surface area contributed by atoms with E-state index in [4.69, 9.17) is 0 Å². The number of thiophene rings is 1. The van der Waals surface area contributed by atoms with E-state index in [0.717, 1.165) is 16.6 Å². The van der Waals surface area contributed by atoms with Crippen LogP contribution >= 0.6 is 27.3 Å². The van der Waals surface area contributed by atoms with Crippen LogP contribution in [-0.2, 0) is 0 Å². The summed E-state index contributed by atoms with van der Waals surface area (Å²) in [7, 11) is 0. The number of hydrogen-bond donors (Lipinski definition) is 1. The normalized spacial score (nSPS) is 12.7. The van der Waals surface area contributed by atoms with E-state index in [9.17, 15) is 4.39 Å². The molecule has 96 valence electrons. The molecule has 0 saturated heterocycles. The molecule has 1 aromatic heterocycles. The Morgan fingerprint density at radius 3 is 2.67 bits per heavy atom. The van der Waals surface area contributed by atoms with Gasteiger partial charge < -0.3 is 5.32 Å². The van der Waals surface area contributed by atoms with Crippen LogP contribution in [0.25, 0.3) is 0 Å². The molecule has 1 atom stereocenters. The molecule has 1 unspecified atom stereocenters. The average molecular weight is 328 g/mol. The second-order valence-electron chi connectivity index (χ2n) is 4.14. The summed E-state index contributed by atoms with van der Waals surface area (Å²) >= 11 is 5.09. The Labute approximate surface area is 119 Å². The first-order valence-corrected chi connectivity index (χ1v) is 7.47. The lowest BCUT2D eigenvalue weighted by Crippen LogP contribution is -2.21. The van der Waals surface area contributed by atoms with Gasteiger partial charge in [-0.3, -0.25) is 0 Å². The fourth-order valence-corrected chi connectivity index (χ4v) is 3.40. The fourth-order valence-electron chi connectivity index (χ4n) is 1.94. The number of rotatable bonds is 4. The summed E-state index contributed by atoms with van der Waals surface area (Å²) in [5.41, 5.74) is 0.950. The SMILES string of the molecule is CCNC(c1cc(F)cc(Br)c1)c1ccc(C)s1. The third-order valence-electron chi connectivity index (χ3n) is 2.67. The van der Waals surface area contributed by atoms with E-state index < -0.39 is 0 Å². The summed E-state index contributed by atoms with van der Waals surface area (Å²) in [4.78, 5) is 2.48. The highest BCUT2D eigenvalue weighted by molar-refractivity contribution is 9.10. The number of aryl methyl sites for hydroxylation is 1. The summed E-state index contributed by atoms with van der Waals surface area (Å²) < 4.78 is 14.3. The van der Waals surface area contributed by atoms with Crippen LogP contribution in [0.3, 0.4) is 0 Å². The number of hydrogen-bond acceptors (Lipinski definition) is 2. The number of nitrogens with one attached hydrogen (secondary N) is 1. The fraction of sp³-hybridized carbons (Fsp3) is 0.286. The van der Waals surface area contributed by atoms with Crippen molar-refractivity contribution in [2.24, 2.45) is 0 Å². The van der Waals surface area contributed by atoms with E-state index in [1.807, 2.05) is 6.07 Å². The maximum Gasteiger partial charge on any atom is 0.124 e. The van der Waals surface area contributed by atoms with E-state index in [1.54, 1.807) is 17.4 Å². The average Bonchev–Trinajstić information content (AvgIpc) is 2.71. The van der Waals surface area contributed by atoms with Gasteiger partial charge in [-0.25, -0.2) is 4.39 Å². The molecule has 0 aliphatic heterocycles. The topological polar surface area (TPSA) is 12.0 Å². The predicted molar refractivity (Wildman–Crippen MR) is 78.7 cm³/mol. The van der Waals surface area contributed by atoms with Crippen LogP contribution in [0.4, 0.5) is 4.39 Å². The number of benzene rings is 1. The first kappa shape index (κ1) is 13.7. The van der Waals surface area contributed by atoms with Crippen LogP contribution < -0.4 is 5.32 Å². The summed E-state index contributed by atoms with van der Waals surface area (Å²) in [5.74, 6) is -0.212. The molecule has 18 heavy (non-hydrogen) atoms. The molecule has 1 nitrogen and oxygen atoms in total. The molecule has 0 bridgehead atoms. The lowest BCUT2D eigenvalue weighted by atomic mass is 10.1. The van der Waals surface area contributed by atoms with Gasteiger partial charge in [-0.05, 0) is 49.4 Å². The molecule has 2 rings (SSSR count). The highest BCUT2D eigenvalue weighted by Crippen LogP contribution is 2.30. The van der Waals surface area contributed by atoms with Crippen LogP contribution in [0.15, 0.2) is 34.8 Å². The van der Waals surface area contributed by atoms with Gasteiger partial charge in [-0.1, -0.05) is 22.9 Å². The van der Waals surface area contributed by atoms with Crippen molar-refractivity contribution in [3.8, 4) is 0 Å². The van der Waals surface area contributed by atoms with Crippen molar-refractivity contribution in [1.82, 2.24) is 5.32 Å². The minimum Gasteiger partial charge on any atom is -0.306 e. The zero-order valence-electron chi connectivity index (χ0n) is 10.3. The van der Waals surface area contributed by atoms with Crippen molar-refractivity contribution in [2.75, 3.05) is 6.54 Å². The standard InChI is InChI=1S/C14H15BrFNS/c1-3-17-14(13-5-4-9(2)18-13)10-6-11(15)8-12(16)7-10/h4-8,14,17H,3H2,1-2H3. The molecule has 2 aromatic rings. The molecule has 1 heterocycles. The zero-order valence-corrected chi connectivity index (χ0v) is 12.7. The van der Waals surface area contributed by atoms with Gasteiger partial charge in [0.2, 0.25) is 0 Å². The lowest BCUT2D eigenvalue weighted by molar-refractivity contribution is 0.606. The summed E-state index contributed by atoms with van der Waals surface area (Å²) in [6.45, 7) is 4.98. The molecule has 1 aromatic carbocycles. The van der Waals surface area contributed by atoms with Crippen molar-refractivity contribution in [2.45, 2.75) is 19.9 Å². The Bertz CT molecular complexity index is 518. The van der Waals surface area contributed by atoms with Gasteiger partial charge in [0.1, 0.15) is 5.82 Å². The minimum atomic E-state index is -0.212. The van der Waals surface area contributed by atoms with Gasteiger partial charge >= 0.3 is 0 Å². The van der Waals surface area contributed by atoms with Gasteiger partial charge in [0.15, 0.2) is 0 Å². The summed E-state index contributed by atoms with van der Waals surface area (Å²) in [5, 5.41) is 3.41. The number of halogens is 2. The monoisotopic (exact) mass is 327 g/mol. The van der Waals surface area contributed by atoms with Crippen molar-refractivity contribution < 1.29 is 4.39 Å². The molecule has 0 spiro atoms. The van der Waals surface area contributed by atoms with E-state index in [-0.39, 0.29) is 11.9 Å². The lowest BCUT2D eigenvalue weighted by Gasteiger charge is -2.17. The van der Waals surface area contributed by atoms with Crippen molar-refractivity contribution in [3.05, 3.63) is 55.9 Å². The van der Waals surface area contributed by atoms with Gasteiger partial charge in [0.25, 0.3) is 0 Å². The Balaban J connectivity index is 2.40. The Morgan fingerprint density at radius 2 is 2.11 bits per heavy atom. The molecule has 0 amide bonds. The first-order chi connectivity index (χ1) is 8.60. The maximum absolute atomic E-state index is 13.5. The summed E-state index contributed by atoms with van der Waals surface area (Å²) in [6, 6.07) is 9.29. The van der Waals surface area contributed by atoms with Crippen LogP contribution in [0, 0.1) is 12.7 Å². The van der Waals surface area contributed by atoms with Crippen LogP contribution in [0.1, 0.15) is 28.3 Å². The Morgan fingerprint density at radius 1 is 1.33 bits per heavy atom. The zero-order chi connectivity index (χ0) is 13.1. The predicted octanol–water partition coefficient (Wildman–Crippen LogP) is 4.66. The molecule has 0 saturated carbocycles. The van der Waals surface area contributed by atoms with Crippen LogP contribution in [0.2, 0.25) is 0 Å². The molecule has 4 heteroatoms. The smallest absolute Gasteiger partial charge is 0.124 e. The molecular formula is C14H15BrFNS. The first-order valence-electron chi connectivity index (χ1n) is 5.86. The van der Waals surface area contributed by atoms with Crippen molar-refractivity contribution in [3.63, 3.8) is 0 Å². The van der Waals surface area contributed by atoms with Gasteiger partial charge in [-0.15, -0.1) is 11.3 Å². The minimum absolute atomic E-state index is 0.0562. The Kier molecular flexibility index (Phi) is 4.54. The van der Waals surface area contributed by atoms with Gasteiger partial charge in [-0.2, -0.15) is 0 Å². The van der Waals surface area contributed by atoms with Crippen LogP contribution in [-0.4, -0.2) is 6.54 Å². The highest BCUT2D eigenvalue weighted by atomic mass is 79.9. The largest absolute Gasteiger partial charge is 0.306 e. The van der Waals surface area contributed by atoms with Crippen molar-refractivity contribution in [1.29, 1.82) is 0 Å². The quantitative estimate of drug-likeness (QED) is 0.861. The van der Waals surface area contributed by atoms with E-state index in [1.165, 1.54) is 15.8 Å². The third kappa shape index (κ3) is 3.19. The molecule has 0 aliphatic rings. The van der Waals surface area contributed by atoms with Crippen molar-refractivity contribution >= 4 is 27.3 Å². The molecule has 0 aliphatic carbocycles. The van der Waals surface area contributed by atoms with E-state index in [2.05, 4.69) is 47.2 Å². The van der Waals surface area contributed by atoms with Crippen LogP contribution in [0.5, 0.6) is 0 Å². The second-order valence-corrected chi connectivity index (χ2v) is 6.38. The Hall–Kier alpha value is -0.710. The van der Waals surface area contributed by atoms with Gasteiger partial charge in [0, 0.05) is 14.2 Å². The molecular weight excluding hydrogens is 313 g/mol. The summed E-state index contributed by atoms with van der Waals surface area (Å²) in [6.07, 6.45) is 0. The second kappa shape index (κ2) is 5.95. The third-order valence-corrected chi connectivity index (χ3v) is 4.20. The highest BCUT2D eigenvalue weighted by Gasteiger charge is 2.16. The molecule has 0 radical (unpaired) electrons.